The molecule has 1 atom stereocenters. The molecule has 0 aliphatic rings. The van der Waals surface area contributed by atoms with E-state index in [2.05, 4.69) is 24.0 Å². The van der Waals surface area contributed by atoms with Gasteiger partial charge in [-0.1, -0.05) is 25.1 Å². The van der Waals surface area contributed by atoms with E-state index in [1.165, 1.54) is 0 Å². The first-order chi connectivity index (χ1) is 9.47. The van der Waals surface area contributed by atoms with Crippen LogP contribution in [0, 0.1) is 5.92 Å². The Morgan fingerprint density at radius 2 is 2.05 bits per heavy atom. The predicted molar refractivity (Wildman–Crippen MR) is 80.4 cm³/mol. The van der Waals surface area contributed by atoms with Crippen molar-refractivity contribution in [3.63, 3.8) is 0 Å². The normalized spacial score (nSPS) is 12.7. The van der Waals surface area contributed by atoms with Crippen molar-refractivity contribution in [2.75, 3.05) is 19.0 Å². The fourth-order valence-corrected chi connectivity index (χ4v) is 2.03. The maximum atomic E-state index is 6.07. The number of benzene rings is 1. The summed E-state index contributed by atoms with van der Waals surface area (Å²) in [7, 11) is 3.99. The molecule has 20 heavy (non-hydrogen) atoms. The second kappa shape index (κ2) is 6.05. The molecule has 5 nitrogen and oxygen atoms in total. The molecule has 0 aliphatic heterocycles. The highest BCUT2D eigenvalue weighted by atomic mass is 16.5. The van der Waals surface area contributed by atoms with Crippen LogP contribution in [-0.2, 0) is 0 Å². The van der Waals surface area contributed by atoms with Gasteiger partial charge in [-0.2, -0.15) is 4.98 Å². The molecule has 1 aromatic carbocycles. The van der Waals surface area contributed by atoms with Crippen LogP contribution in [0.25, 0.3) is 11.5 Å². The van der Waals surface area contributed by atoms with Crippen LogP contribution in [0.2, 0.25) is 0 Å². The third kappa shape index (κ3) is 3.36. The van der Waals surface area contributed by atoms with Gasteiger partial charge in [0.15, 0.2) is 5.82 Å². The lowest BCUT2D eigenvalue weighted by Gasteiger charge is -2.12. The third-order valence-electron chi connectivity index (χ3n) is 3.11. The molecule has 2 aromatic rings. The van der Waals surface area contributed by atoms with Gasteiger partial charge in [-0.3, -0.25) is 0 Å². The molecule has 0 aliphatic carbocycles. The third-order valence-corrected chi connectivity index (χ3v) is 3.11. The zero-order valence-corrected chi connectivity index (χ0v) is 12.5. The zero-order valence-electron chi connectivity index (χ0n) is 12.5. The molecule has 0 spiro atoms. The van der Waals surface area contributed by atoms with E-state index in [1.807, 2.05) is 43.3 Å². The van der Waals surface area contributed by atoms with Crippen LogP contribution in [-0.4, -0.2) is 24.2 Å². The summed E-state index contributed by atoms with van der Waals surface area (Å²) in [4.78, 5) is 6.45. The highest BCUT2D eigenvalue weighted by Gasteiger charge is 2.16. The summed E-state index contributed by atoms with van der Waals surface area (Å²) in [5.41, 5.74) is 8.07. The van der Waals surface area contributed by atoms with E-state index in [1.54, 1.807) is 0 Å². The summed E-state index contributed by atoms with van der Waals surface area (Å²) >= 11 is 0. The fraction of sp³-hybridized carbons (Fsp3) is 0.467. The second-order valence-electron chi connectivity index (χ2n) is 5.64. The summed E-state index contributed by atoms with van der Waals surface area (Å²) in [6.45, 7) is 4.25. The van der Waals surface area contributed by atoms with Crippen molar-refractivity contribution in [3.05, 3.63) is 30.1 Å². The quantitative estimate of drug-likeness (QED) is 0.908. The van der Waals surface area contributed by atoms with Gasteiger partial charge < -0.3 is 15.2 Å². The number of nitrogens with two attached hydrogens (primary N) is 1. The first-order valence-corrected chi connectivity index (χ1v) is 6.84. The molecule has 2 rings (SSSR count). The van der Waals surface area contributed by atoms with Gasteiger partial charge in [0.1, 0.15) is 0 Å². The van der Waals surface area contributed by atoms with Crippen molar-refractivity contribution in [2.24, 2.45) is 11.7 Å². The number of hydrogen-bond acceptors (Lipinski definition) is 5. The van der Waals surface area contributed by atoms with Crippen molar-refractivity contribution in [1.82, 2.24) is 10.1 Å². The number of rotatable bonds is 5. The zero-order chi connectivity index (χ0) is 14.7. The first kappa shape index (κ1) is 14.5. The van der Waals surface area contributed by atoms with E-state index in [4.69, 9.17) is 10.3 Å². The average Bonchev–Trinajstić information content (AvgIpc) is 2.87. The van der Waals surface area contributed by atoms with Crippen molar-refractivity contribution >= 4 is 5.69 Å². The fourth-order valence-electron chi connectivity index (χ4n) is 2.03. The molecule has 0 saturated carbocycles. The van der Waals surface area contributed by atoms with Crippen LogP contribution in [0.4, 0.5) is 5.69 Å². The highest BCUT2D eigenvalue weighted by molar-refractivity contribution is 5.61. The van der Waals surface area contributed by atoms with Crippen molar-refractivity contribution in [2.45, 2.75) is 26.3 Å². The molecular weight excluding hydrogens is 252 g/mol. The first-order valence-electron chi connectivity index (χ1n) is 6.84. The standard InChI is InChI=1S/C15H22N4O/c1-10(2)8-13(16)14-17-15(20-18-14)11-6-5-7-12(9-11)19(3)4/h5-7,9-10,13H,8,16H2,1-4H3. The van der Waals surface area contributed by atoms with E-state index in [0.717, 1.165) is 17.7 Å². The molecule has 0 amide bonds. The van der Waals surface area contributed by atoms with Crippen LogP contribution in [0.5, 0.6) is 0 Å². The number of anilines is 1. The van der Waals surface area contributed by atoms with E-state index < -0.39 is 0 Å². The molecule has 1 unspecified atom stereocenters. The van der Waals surface area contributed by atoms with Gasteiger partial charge in [-0.15, -0.1) is 0 Å². The Hall–Kier alpha value is -1.88. The number of aromatic nitrogens is 2. The Bertz CT molecular complexity index is 563. The summed E-state index contributed by atoms with van der Waals surface area (Å²) in [5, 5.41) is 4.00. The maximum absolute atomic E-state index is 6.07. The molecule has 1 heterocycles. The maximum Gasteiger partial charge on any atom is 0.258 e. The van der Waals surface area contributed by atoms with Gasteiger partial charge in [0.05, 0.1) is 6.04 Å². The summed E-state index contributed by atoms with van der Waals surface area (Å²) < 4.78 is 5.33. The van der Waals surface area contributed by atoms with Gasteiger partial charge in [0, 0.05) is 25.3 Å². The van der Waals surface area contributed by atoms with Crippen LogP contribution in [0.15, 0.2) is 28.8 Å². The average molecular weight is 274 g/mol. The minimum atomic E-state index is -0.176. The van der Waals surface area contributed by atoms with Gasteiger partial charge in [0.2, 0.25) is 0 Å². The predicted octanol–water partition coefficient (Wildman–Crippen LogP) is 2.85. The van der Waals surface area contributed by atoms with Crippen LogP contribution >= 0.6 is 0 Å². The lowest BCUT2D eigenvalue weighted by atomic mass is 10.0. The molecule has 0 bridgehead atoms. The topological polar surface area (TPSA) is 68.2 Å². The Balaban J connectivity index is 2.22. The van der Waals surface area contributed by atoms with Crippen molar-refractivity contribution in [3.8, 4) is 11.5 Å². The Labute approximate surface area is 119 Å². The molecular formula is C15H22N4O. The van der Waals surface area contributed by atoms with Gasteiger partial charge in [-0.25, -0.2) is 0 Å². The highest BCUT2D eigenvalue weighted by Crippen LogP contribution is 2.24. The summed E-state index contributed by atoms with van der Waals surface area (Å²) in [6, 6.07) is 7.81. The lowest BCUT2D eigenvalue weighted by Crippen LogP contribution is -2.14. The monoisotopic (exact) mass is 274 g/mol. The molecule has 108 valence electrons. The SMILES string of the molecule is CC(C)CC(N)c1noc(-c2cccc(N(C)C)c2)n1. The van der Waals surface area contributed by atoms with Gasteiger partial charge in [0.25, 0.3) is 5.89 Å². The number of nitrogens with zero attached hydrogens (tertiary/aromatic N) is 3. The van der Waals surface area contributed by atoms with Gasteiger partial charge in [-0.05, 0) is 30.5 Å². The molecule has 5 heteroatoms. The second-order valence-corrected chi connectivity index (χ2v) is 5.64. The molecule has 0 fully saturated rings. The van der Waals surface area contributed by atoms with E-state index in [-0.39, 0.29) is 6.04 Å². The largest absolute Gasteiger partial charge is 0.378 e. The smallest absolute Gasteiger partial charge is 0.258 e. The van der Waals surface area contributed by atoms with E-state index >= 15 is 0 Å². The van der Waals surface area contributed by atoms with Crippen LogP contribution in [0.3, 0.4) is 0 Å². The lowest BCUT2D eigenvalue weighted by molar-refractivity contribution is 0.405. The molecule has 0 radical (unpaired) electrons. The van der Waals surface area contributed by atoms with E-state index in [0.29, 0.717) is 17.6 Å². The Morgan fingerprint density at radius 1 is 1.30 bits per heavy atom. The van der Waals surface area contributed by atoms with Gasteiger partial charge >= 0.3 is 0 Å². The minimum absolute atomic E-state index is 0.176. The van der Waals surface area contributed by atoms with E-state index in [9.17, 15) is 0 Å². The van der Waals surface area contributed by atoms with Crippen LogP contribution < -0.4 is 10.6 Å². The number of hydrogen-bond donors (Lipinski definition) is 1. The summed E-state index contributed by atoms with van der Waals surface area (Å²) in [6.07, 6.45) is 0.844. The van der Waals surface area contributed by atoms with Crippen LogP contribution in [0.1, 0.15) is 32.1 Å². The molecule has 1 aromatic heterocycles. The summed E-state index contributed by atoms with van der Waals surface area (Å²) in [5.74, 6) is 1.59. The Morgan fingerprint density at radius 3 is 2.70 bits per heavy atom. The molecule has 0 saturated heterocycles. The Kier molecular flexibility index (Phi) is 4.39. The van der Waals surface area contributed by atoms with Crippen molar-refractivity contribution < 1.29 is 4.52 Å². The molecule has 2 N–H and O–H groups in total. The minimum Gasteiger partial charge on any atom is -0.378 e. The van der Waals surface area contributed by atoms with Crippen molar-refractivity contribution in [1.29, 1.82) is 0 Å².